The highest BCUT2D eigenvalue weighted by Gasteiger charge is 2.17. The first-order valence-corrected chi connectivity index (χ1v) is 14.3. The van der Waals surface area contributed by atoms with Crippen LogP contribution in [-0.4, -0.2) is 19.9 Å². The molecule has 0 N–H and O–H groups in total. The van der Waals surface area contributed by atoms with E-state index in [1.165, 1.54) is 14.8 Å². The van der Waals surface area contributed by atoms with E-state index < -0.39 is 0 Å². The predicted octanol–water partition coefficient (Wildman–Crippen LogP) is 9.46. The second-order valence-corrected chi connectivity index (χ2v) is 11.0. The van der Waals surface area contributed by atoms with Crippen molar-refractivity contribution in [2.24, 2.45) is 0 Å². The summed E-state index contributed by atoms with van der Waals surface area (Å²) in [5, 5.41) is 3.47. The van der Waals surface area contributed by atoms with Crippen molar-refractivity contribution in [2.75, 3.05) is 0 Å². The molecule has 0 bridgehead atoms. The van der Waals surface area contributed by atoms with E-state index in [2.05, 4.69) is 60.7 Å². The Balaban J connectivity index is 1.35. The van der Waals surface area contributed by atoms with Gasteiger partial charge in [-0.3, -0.25) is 0 Å². The van der Waals surface area contributed by atoms with E-state index in [9.17, 15) is 0 Å². The van der Waals surface area contributed by atoms with Crippen LogP contribution < -0.4 is 0 Å². The molecular formula is C36H22N4S. The number of benzene rings is 5. The maximum absolute atomic E-state index is 5.02. The predicted molar refractivity (Wildman–Crippen MR) is 170 cm³/mol. The van der Waals surface area contributed by atoms with Crippen molar-refractivity contribution in [3.8, 4) is 45.4 Å². The lowest BCUT2D eigenvalue weighted by atomic mass is 10.0. The fraction of sp³-hybridized carbons (Fsp3) is 0. The van der Waals surface area contributed by atoms with Gasteiger partial charge in [0.25, 0.3) is 0 Å². The maximum atomic E-state index is 5.02. The molecule has 0 saturated carbocycles. The summed E-state index contributed by atoms with van der Waals surface area (Å²) in [6, 6.07) is 45.7. The molecule has 41 heavy (non-hydrogen) atoms. The first kappa shape index (κ1) is 23.6. The smallest absolute Gasteiger partial charge is 0.164 e. The van der Waals surface area contributed by atoms with Crippen LogP contribution >= 0.6 is 11.3 Å². The normalized spacial score (nSPS) is 11.4. The average molecular weight is 543 g/mol. The zero-order valence-electron chi connectivity index (χ0n) is 21.9. The summed E-state index contributed by atoms with van der Waals surface area (Å²) in [4.78, 5) is 19.9. The van der Waals surface area contributed by atoms with Crippen LogP contribution in [0, 0.1) is 0 Å². The van der Waals surface area contributed by atoms with Gasteiger partial charge in [-0.25, -0.2) is 19.9 Å². The van der Waals surface area contributed by atoms with Crippen LogP contribution in [-0.2, 0) is 0 Å². The van der Waals surface area contributed by atoms with E-state index in [0.29, 0.717) is 17.5 Å². The Morgan fingerprint density at radius 2 is 1.12 bits per heavy atom. The largest absolute Gasteiger partial charge is 0.248 e. The first-order valence-electron chi connectivity index (χ1n) is 13.5. The Labute approximate surface area is 240 Å². The second-order valence-electron chi connectivity index (χ2n) is 9.92. The molecular weight excluding hydrogens is 520 g/mol. The molecule has 0 aliphatic rings. The van der Waals surface area contributed by atoms with Crippen LogP contribution in [0.4, 0.5) is 0 Å². The van der Waals surface area contributed by atoms with E-state index in [0.717, 1.165) is 44.2 Å². The third-order valence-corrected chi connectivity index (χ3v) is 8.47. The van der Waals surface area contributed by atoms with Gasteiger partial charge in [-0.05, 0) is 30.3 Å². The van der Waals surface area contributed by atoms with Gasteiger partial charge in [0.2, 0.25) is 0 Å². The minimum absolute atomic E-state index is 0.659. The summed E-state index contributed by atoms with van der Waals surface area (Å²) in [7, 11) is 0. The average Bonchev–Trinajstić information content (AvgIpc) is 3.43. The minimum atomic E-state index is 0.659. The van der Waals surface area contributed by atoms with Crippen LogP contribution in [0.1, 0.15) is 0 Å². The number of thiophene rings is 1. The van der Waals surface area contributed by atoms with Crippen molar-refractivity contribution in [3.63, 3.8) is 0 Å². The molecule has 4 nitrogen and oxygen atoms in total. The zero-order chi connectivity index (χ0) is 27.2. The molecule has 3 aromatic heterocycles. The fourth-order valence-electron chi connectivity index (χ4n) is 5.33. The summed E-state index contributed by atoms with van der Waals surface area (Å²) in [6.45, 7) is 0. The van der Waals surface area contributed by atoms with Gasteiger partial charge in [0, 0.05) is 47.8 Å². The molecule has 0 spiro atoms. The number of rotatable bonds is 4. The number of hydrogen-bond donors (Lipinski definition) is 0. The van der Waals surface area contributed by atoms with Crippen molar-refractivity contribution >= 4 is 42.4 Å². The molecule has 0 fully saturated rings. The maximum Gasteiger partial charge on any atom is 0.164 e. The third-order valence-electron chi connectivity index (χ3n) is 7.33. The van der Waals surface area contributed by atoms with Gasteiger partial charge in [-0.2, -0.15) is 0 Å². The van der Waals surface area contributed by atoms with E-state index >= 15 is 0 Å². The van der Waals surface area contributed by atoms with Crippen molar-refractivity contribution in [1.29, 1.82) is 0 Å². The summed E-state index contributed by atoms with van der Waals surface area (Å²) in [5.74, 6) is 1.98. The molecule has 0 saturated heterocycles. The number of para-hydroxylation sites is 1. The Morgan fingerprint density at radius 3 is 1.88 bits per heavy atom. The third kappa shape index (κ3) is 4.24. The molecule has 0 atom stereocenters. The van der Waals surface area contributed by atoms with E-state index in [4.69, 9.17) is 19.9 Å². The topological polar surface area (TPSA) is 51.6 Å². The number of nitrogens with zero attached hydrogens (tertiary/aromatic N) is 4. The molecule has 8 rings (SSSR count). The van der Waals surface area contributed by atoms with Crippen LogP contribution in [0.3, 0.4) is 0 Å². The van der Waals surface area contributed by atoms with E-state index in [-0.39, 0.29) is 0 Å². The molecule has 192 valence electrons. The van der Waals surface area contributed by atoms with Gasteiger partial charge in [0.1, 0.15) is 0 Å². The zero-order valence-corrected chi connectivity index (χ0v) is 22.7. The highest BCUT2D eigenvalue weighted by atomic mass is 32.1. The Bertz CT molecular complexity index is 2150. The van der Waals surface area contributed by atoms with Crippen molar-refractivity contribution in [1.82, 2.24) is 19.9 Å². The van der Waals surface area contributed by atoms with Crippen molar-refractivity contribution in [2.45, 2.75) is 0 Å². The van der Waals surface area contributed by atoms with Gasteiger partial charge in [-0.15, -0.1) is 11.3 Å². The van der Waals surface area contributed by atoms with Crippen LogP contribution in [0.25, 0.3) is 76.5 Å². The molecule has 0 amide bonds. The van der Waals surface area contributed by atoms with Gasteiger partial charge >= 0.3 is 0 Å². The number of hydrogen-bond acceptors (Lipinski definition) is 5. The van der Waals surface area contributed by atoms with Gasteiger partial charge in [0.05, 0.1) is 11.2 Å². The molecule has 0 aliphatic heterocycles. The summed E-state index contributed by atoms with van der Waals surface area (Å²) < 4.78 is 2.42. The second kappa shape index (κ2) is 9.73. The number of fused-ring (bicyclic) bond motifs is 4. The summed E-state index contributed by atoms with van der Waals surface area (Å²) in [6.07, 6.45) is 0. The molecule has 8 aromatic rings. The quantitative estimate of drug-likeness (QED) is 0.222. The summed E-state index contributed by atoms with van der Waals surface area (Å²) in [5.41, 5.74) is 5.95. The van der Waals surface area contributed by atoms with E-state index in [1.54, 1.807) is 11.3 Å². The van der Waals surface area contributed by atoms with Gasteiger partial charge in [0.15, 0.2) is 17.5 Å². The summed E-state index contributed by atoms with van der Waals surface area (Å²) >= 11 is 1.79. The highest BCUT2D eigenvalue weighted by Crippen LogP contribution is 2.41. The monoisotopic (exact) mass is 542 g/mol. The number of pyridine rings is 1. The Kier molecular flexibility index (Phi) is 5.61. The molecule has 5 heteroatoms. The van der Waals surface area contributed by atoms with Gasteiger partial charge in [-0.1, -0.05) is 103 Å². The molecule has 0 unspecified atom stereocenters. The van der Waals surface area contributed by atoms with Crippen molar-refractivity contribution in [3.05, 3.63) is 133 Å². The lowest BCUT2D eigenvalue weighted by Gasteiger charge is -2.10. The van der Waals surface area contributed by atoms with Crippen LogP contribution in [0.5, 0.6) is 0 Å². The fourth-order valence-corrected chi connectivity index (χ4v) is 6.44. The van der Waals surface area contributed by atoms with Crippen molar-refractivity contribution < 1.29 is 0 Å². The van der Waals surface area contributed by atoms with E-state index in [1.807, 2.05) is 72.8 Å². The Hall–Kier alpha value is -5.26. The van der Waals surface area contributed by atoms with Crippen LogP contribution in [0.2, 0.25) is 0 Å². The number of aromatic nitrogens is 4. The van der Waals surface area contributed by atoms with Crippen LogP contribution in [0.15, 0.2) is 133 Å². The molecule has 3 heterocycles. The minimum Gasteiger partial charge on any atom is -0.248 e. The highest BCUT2D eigenvalue weighted by molar-refractivity contribution is 7.25. The first-order chi connectivity index (χ1) is 20.3. The molecule has 5 aromatic carbocycles. The SMILES string of the molecule is c1ccc(-c2nc(-c3ccccc3)nc(-c3cccc4sc5ccc(-c6ccc7ccccc7n6)cc5c34)n2)cc1. The molecule has 0 radical (unpaired) electrons. The molecule has 0 aliphatic carbocycles. The van der Waals surface area contributed by atoms with Gasteiger partial charge < -0.3 is 0 Å². The standard InChI is InChI=1S/C36H22N4S/c1-3-11-24(12-4-1)34-38-35(25-13-5-2-6-14-25)40-36(39-34)27-15-9-17-32-33(27)28-22-26(19-21-31(28)41-32)30-20-18-23-10-7-8-16-29(23)37-30/h1-22H. The Morgan fingerprint density at radius 1 is 0.439 bits per heavy atom. The lowest BCUT2D eigenvalue weighted by Crippen LogP contribution is -2.00. The lowest BCUT2D eigenvalue weighted by molar-refractivity contribution is 1.08.